The van der Waals surface area contributed by atoms with Crippen molar-refractivity contribution in [3.63, 3.8) is 0 Å². The van der Waals surface area contributed by atoms with Crippen LogP contribution in [-0.4, -0.2) is 200 Å². The van der Waals surface area contributed by atoms with Gasteiger partial charge in [0.2, 0.25) is 65.0 Å². The van der Waals surface area contributed by atoms with E-state index in [1.54, 1.807) is 121 Å². The lowest BCUT2D eigenvalue weighted by molar-refractivity contribution is -0.142. The zero-order chi connectivity index (χ0) is 73.4. The van der Waals surface area contributed by atoms with Crippen molar-refractivity contribution in [2.45, 2.75) is 163 Å². The Labute approximate surface area is 583 Å². The molecule has 0 bridgehead atoms. The van der Waals surface area contributed by atoms with Gasteiger partial charge >= 0.3 is 5.97 Å². The number of unbranched alkanes of at least 4 members (excludes halogenated alkanes) is 2. The van der Waals surface area contributed by atoms with Gasteiger partial charge in [-0.1, -0.05) is 116 Å². The minimum absolute atomic E-state index is 0.126. The van der Waals surface area contributed by atoms with Crippen LogP contribution >= 0.6 is 12.6 Å². The Kier molecular flexibility index (Phi) is 33.6. The Morgan fingerprint density at radius 2 is 0.800 bits per heavy atom. The molecule has 0 aliphatic carbocycles. The largest absolute Gasteiger partial charge is 0.480 e. The number of rotatable bonds is 43. The quantitative estimate of drug-likeness (QED) is 0.0133. The Morgan fingerprint density at radius 3 is 1.23 bits per heavy atom. The predicted molar refractivity (Wildman–Crippen MR) is 371 cm³/mol. The number of para-hydroxylation sites is 1. The van der Waals surface area contributed by atoms with Crippen LogP contribution in [-0.2, 0) is 83.2 Å². The van der Waals surface area contributed by atoms with Crippen LogP contribution in [0.5, 0.6) is 0 Å². The molecule has 0 aliphatic rings. The minimum Gasteiger partial charge on any atom is -0.480 e. The van der Waals surface area contributed by atoms with Gasteiger partial charge in [0.15, 0.2) is 0 Å². The van der Waals surface area contributed by atoms with Gasteiger partial charge in [-0.3, -0.25) is 52.7 Å². The topological polar surface area (TPSA) is 526 Å². The Hall–Kier alpha value is -9.83. The third-order valence-electron chi connectivity index (χ3n) is 16.1. The summed E-state index contributed by atoms with van der Waals surface area (Å²) in [6.07, 6.45) is -1.64. The number of hydrogen-bond acceptors (Lipinski definition) is 19. The molecule has 100 heavy (non-hydrogen) atoms. The Balaban J connectivity index is 1.46. The second-order valence-corrected chi connectivity index (χ2v) is 24.5. The third-order valence-corrected chi connectivity index (χ3v) is 16.5. The van der Waals surface area contributed by atoms with Crippen LogP contribution in [0.25, 0.3) is 10.9 Å². The molecule has 32 heteroatoms. The van der Waals surface area contributed by atoms with Crippen molar-refractivity contribution in [2.75, 3.05) is 25.4 Å². The maximum absolute atomic E-state index is 15.2. The summed E-state index contributed by atoms with van der Waals surface area (Å²) in [7, 11) is 0. The van der Waals surface area contributed by atoms with E-state index in [9.17, 15) is 68.4 Å². The summed E-state index contributed by atoms with van der Waals surface area (Å²) in [6, 6.07) is 14.8. The SMILES string of the molecule is C[C@@H](O)[C@H](NC(=O)[C@H](Cc1ccccc1)NC(=O)[C@@H](NC(=O)[C@H](CCCCN)NC(=O)[C@H](Cc1c[nH]c2ccccc12)NC(=O)[C@H](Cc1ccccc1)NC(=O)[C@H](Cc1ccccc1)NC(=O)[C@H](CC(N)=O)NC(=O)[C@@H](N)CCCCN)[C@@H](C)O)C(=O)N[C@@H](CO)C(=O)N[C@@H](CS)C(=O)O. The van der Waals surface area contributed by atoms with Gasteiger partial charge in [0.05, 0.1) is 31.3 Å². The van der Waals surface area contributed by atoms with Crippen molar-refractivity contribution in [3.8, 4) is 0 Å². The molecule has 4 aromatic carbocycles. The van der Waals surface area contributed by atoms with Gasteiger partial charge in [0.25, 0.3) is 0 Å². The molecule has 31 nitrogen and oxygen atoms in total. The average Bonchev–Trinajstić information content (AvgIpc) is 1.60. The van der Waals surface area contributed by atoms with Crippen molar-refractivity contribution in [3.05, 3.63) is 144 Å². The average molecular weight is 1410 g/mol. The van der Waals surface area contributed by atoms with Crippen molar-refractivity contribution in [1.82, 2.24) is 58.2 Å². The number of carboxylic acid groups (broad SMARTS) is 1. The zero-order valence-corrected chi connectivity index (χ0v) is 56.5. The molecule has 0 aliphatic heterocycles. The zero-order valence-electron chi connectivity index (χ0n) is 55.6. The summed E-state index contributed by atoms with van der Waals surface area (Å²) in [5.74, 6) is -12.9. The van der Waals surface area contributed by atoms with E-state index in [0.717, 1.165) is 13.8 Å². The van der Waals surface area contributed by atoms with Crippen LogP contribution in [0.3, 0.4) is 0 Å². The number of nitrogens with two attached hydrogens (primary N) is 4. The molecule has 5 rings (SSSR count). The second kappa shape index (κ2) is 41.5. The summed E-state index contributed by atoms with van der Waals surface area (Å²) in [5.41, 5.74) is 25.9. The molecule has 0 fully saturated rings. The van der Waals surface area contributed by atoms with E-state index in [4.69, 9.17) is 22.9 Å². The minimum atomic E-state index is -1.87. The third kappa shape index (κ3) is 26.1. The first-order valence-corrected chi connectivity index (χ1v) is 33.4. The molecule has 1 aromatic heterocycles. The van der Waals surface area contributed by atoms with Crippen LogP contribution in [0, 0.1) is 0 Å². The monoisotopic (exact) mass is 1410 g/mol. The summed E-state index contributed by atoms with van der Waals surface area (Å²) in [5, 5.41) is 67.0. The van der Waals surface area contributed by atoms with Crippen LogP contribution in [0.15, 0.2) is 121 Å². The fraction of sp³-hybridized carbons (Fsp3) is 0.441. The number of aromatic amines is 1. The summed E-state index contributed by atoms with van der Waals surface area (Å²) in [4.78, 5) is 170. The van der Waals surface area contributed by atoms with Gasteiger partial charge < -0.3 is 102 Å². The molecule has 23 N–H and O–H groups in total. The molecular formula is C68H93N15O16S. The number of thiol groups is 1. The molecule has 542 valence electrons. The number of fused-ring (bicyclic) bond motifs is 1. The van der Waals surface area contributed by atoms with E-state index in [0.29, 0.717) is 59.0 Å². The van der Waals surface area contributed by atoms with E-state index in [2.05, 4.69) is 70.8 Å². The van der Waals surface area contributed by atoms with E-state index in [1.807, 2.05) is 0 Å². The fourth-order valence-electron chi connectivity index (χ4n) is 10.6. The number of H-pyrrole nitrogens is 1. The highest BCUT2D eigenvalue weighted by Crippen LogP contribution is 2.20. The summed E-state index contributed by atoms with van der Waals surface area (Å²) in [6.45, 7) is 1.75. The van der Waals surface area contributed by atoms with Crippen molar-refractivity contribution >= 4 is 94.5 Å². The molecule has 0 unspecified atom stereocenters. The van der Waals surface area contributed by atoms with E-state index in [-0.39, 0.29) is 57.2 Å². The molecule has 0 radical (unpaired) electrons. The summed E-state index contributed by atoms with van der Waals surface area (Å²) >= 11 is 3.89. The molecule has 13 atom stereocenters. The van der Waals surface area contributed by atoms with Crippen LogP contribution in [0.2, 0.25) is 0 Å². The number of aliphatic hydroxyl groups is 3. The van der Waals surface area contributed by atoms with Gasteiger partial charge in [0, 0.05) is 48.5 Å². The lowest BCUT2D eigenvalue weighted by atomic mass is 10.00. The van der Waals surface area contributed by atoms with Crippen LogP contribution in [0.1, 0.15) is 81.0 Å². The van der Waals surface area contributed by atoms with Crippen LogP contribution in [0.4, 0.5) is 0 Å². The first kappa shape index (κ1) is 80.8. The first-order chi connectivity index (χ1) is 47.8. The molecule has 0 spiro atoms. The number of carbonyl (C=O) groups is 12. The Morgan fingerprint density at radius 1 is 0.440 bits per heavy atom. The van der Waals surface area contributed by atoms with E-state index in [1.165, 1.54) is 0 Å². The fourth-order valence-corrected chi connectivity index (χ4v) is 10.8. The van der Waals surface area contributed by atoms with Gasteiger partial charge in [-0.25, -0.2) is 4.79 Å². The normalized spacial score (nSPS) is 15.1. The smallest absolute Gasteiger partial charge is 0.327 e. The van der Waals surface area contributed by atoms with Crippen LogP contribution < -0.4 is 76.1 Å². The lowest BCUT2D eigenvalue weighted by Gasteiger charge is -2.29. The first-order valence-electron chi connectivity index (χ1n) is 32.7. The number of benzene rings is 4. The number of amides is 11. The van der Waals surface area contributed by atoms with Crippen molar-refractivity contribution in [1.29, 1.82) is 0 Å². The lowest BCUT2D eigenvalue weighted by Crippen LogP contribution is -2.63. The van der Waals surface area contributed by atoms with Gasteiger partial charge in [0.1, 0.15) is 60.4 Å². The maximum Gasteiger partial charge on any atom is 0.327 e. The number of carbonyl (C=O) groups excluding carboxylic acids is 11. The molecule has 5 aromatic rings. The molecule has 1 heterocycles. The van der Waals surface area contributed by atoms with E-state index < -0.39 is 163 Å². The highest BCUT2D eigenvalue weighted by atomic mass is 32.1. The highest BCUT2D eigenvalue weighted by Gasteiger charge is 2.38. The number of aromatic nitrogens is 1. The van der Waals surface area contributed by atoms with Gasteiger partial charge in [-0.15, -0.1) is 0 Å². The van der Waals surface area contributed by atoms with Crippen molar-refractivity contribution in [2.24, 2.45) is 22.9 Å². The summed E-state index contributed by atoms with van der Waals surface area (Å²) < 4.78 is 0. The highest BCUT2D eigenvalue weighted by molar-refractivity contribution is 7.80. The standard InChI is InChI=1S/C68H93N15O16S/c1-38(85)56(66(96)79-50(32-42-22-10-5-11-23-42)64(94)83-57(39(2)86)67(97)80-53(36-84)65(95)81-54(37-100)68(98)99)82-59(89)47(27-15-17-29-70)74-62(92)51(33-43-35-73-46-26-13-12-24-44(43)46)78-61(91)49(31-41-20-8-4-9-21-41)76-60(90)48(30-40-18-6-3-7-19-40)77-63(93)52(34-55(72)87)75-58(88)45(71)25-14-16-28-69/h3-13,18-24,26,35,38-39,45,47-54,56-57,73,84-86,100H,14-17,25,27-34,36-37,69-71H2,1-2H3,(H2,72,87)(H,74,92)(H,75,88)(H,76,90)(H,77,93)(H,78,91)(H,79,96)(H,80,97)(H,81,95)(H,82,89)(H,83,94)(H,98,99)/t38-,39-,45+,47+,48+,49+,50+,51+,52+,53+,54+,56+,57+/m1/s1. The van der Waals surface area contributed by atoms with Crippen molar-refractivity contribution < 1.29 is 78.0 Å². The van der Waals surface area contributed by atoms with E-state index >= 15 is 9.59 Å². The number of aliphatic hydroxyl groups excluding tert-OH is 3. The number of hydrogen-bond donors (Lipinski definition) is 20. The molecule has 0 saturated carbocycles. The Bertz CT molecular complexity index is 3540. The number of carboxylic acids is 1. The second-order valence-electron chi connectivity index (χ2n) is 24.1. The number of primary amides is 1. The van der Waals surface area contributed by atoms with Gasteiger partial charge in [-0.05, 0) is 87.4 Å². The molecular weight excluding hydrogens is 1310 g/mol. The molecule has 0 saturated heterocycles. The predicted octanol–water partition coefficient (Wildman–Crippen LogP) is -3.48. The molecule has 11 amide bonds. The number of aliphatic carboxylic acids is 1. The van der Waals surface area contributed by atoms with Gasteiger partial charge in [-0.2, -0.15) is 12.6 Å². The number of nitrogens with one attached hydrogen (secondary N) is 11. The maximum atomic E-state index is 15.2.